The number of imide groups is 1. The molecule has 0 aromatic heterocycles. The van der Waals surface area contributed by atoms with Gasteiger partial charge in [0.05, 0.1) is 12.5 Å². The van der Waals surface area contributed by atoms with Gasteiger partial charge in [0.2, 0.25) is 11.8 Å². The molecule has 19 heavy (non-hydrogen) atoms. The fraction of sp³-hybridized carbons (Fsp3) is 0.857. The molecular formula is C14H24N2O2S. The number of amides is 2. The van der Waals surface area contributed by atoms with Gasteiger partial charge in [-0.1, -0.05) is 13.3 Å². The van der Waals surface area contributed by atoms with Gasteiger partial charge in [0.25, 0.3) is 0 Å². The van der Waals surface area contributed by atoms with E-state index in [0.717, 1.165) is 19.3 Å². The van der Waals surface area contributed by atoms with Crippen LogP contribution in [0.1, 0.15) is 45.4 Å². The first-order valence-electron chi connectivity index (χ1n) is 7.28. The second-order valence-corrected chi connectivity index (χ2v) is 6.67. The third-order valence-electron chi connectivity index (χ3n) is 4.09. The van der Waals surface area contributed by atoms with E-state index in [1.54, 1.807) is 0 Å². The summed E-state index contributed by atoms with van der Waals surface area (Å²) < 4.78 is 0. The van der Waals surface area contributed by atoms with Crippen LogP contribution in [0.5, 0.6) is 0 Å². The number of carbonyl (C=O) groups is 2. The van der Waals surface area contributed by atoms with E-state index in [1.165, 1.54) is 17.7 Å². The molecule has 0 aromatic carbocycles. The first-order valence-corrected chi connectivity index (χ1v) is 8.57. The van der Waals surface area contributed by atoms with E-state index < -0.39 is 0 Å². The van der Waals surface area contributed by atoms with Gasteiger partial charge in [-0.3, -0.25) is 14.5 Å². The topological polar surface area (TPSA) is 49.4 Å². The van der Waals surface area contributed by atoms with Crippen molar-refractivity contribution in [3.8, 4) is 0 Å². The van der Waals surface area contributed by atoms with Crippen LogP contribution in [-0.4, -0.2) is 46.8 Å². The van der Waals surface area contributed by atoms with Crippen LogP contribution in [0.25, 0.3) is 0 Å². The minimum atomic E-state index is -0.273. The predicted molar refractivity (Wildman–Crippen MR) is 78.1 cm³/mol. The van der Waals surface area contributed by atoms with E-state index >= 15 is 0 Å². The lowest BCUT2D eigenvalue weighted by Gasteiger charge is -2.30. The van der Waals surface area contributed by atoms with Crippen LogP contribution < -0.4 is 5.32 Å². The number of rotatable bonds is 5. The Labute approximate surface area is 119 Å². The molecule has 1 heterocycles. The maximum absolute atomic E-state index is 12.2. The summed E-state index contributed by atoms with van der Waals surface area (Å²) in [5.41, 5.74) is 0. The zero-order valence-electron chi connectivity index (χ0n) is 11.9. The molecule has 3 atom stereocenters. The monoisotopic (exact) mass is 284 g/mol. The molecule has 2 rings (SSSR count). The third-order valence-corrected chi connectivity index (χ3v) is 5.18. The van der Waals surface area contributed by atoms with Crippen LogP contribution in [0.3, 0.4) is 0 Å². The minimum Gasteiger partial charge on any atom is -0.303 e. The lowest BCUT2D eigenvalue weighted by atomic mass is 9.94. The first-order chi connectivity index (χ1) is 9.15. The van der Waals surface area contributed by atoms with E-state index in [1.807, 2.05) is 18.7 Å². The number of hydrogen-bond donors (Lipinski definition) is 1. The van der Waals surface area contributed by atoms with E-state index in [2.05, 4.69) is 11.6 Å². The molecule has 1 aliphatic heterocycles. The number of carbonyl (C=O) groups excluding carboxylic acids is 2. The maximum atomic E-state index is 12.2. The van der Waals surface area contributed by atoms with Gasteiger partial charge in [0.1, 0.15) is 0 Å². The Bertz CT molecular complexity index is 348. The Morgan fingerprint density at radius 3 is 2.84 bits per heavy atom. The average Bonchev–Trinajstić information content (AvgIpc) is 2.67. The fourth-order valence-corrected chi connectivity index (χ4v) is 3.89. The zero-order valence-corrected chi connectivity index (χ0v) is 12.7. The number of thioether (sulfide) groups is 1. The first kappa shape index (κ1) is 14.9. The van der Waals surface area contributed by atoms with E-state index in [0.29, 0.717) is 24.3 Å². The molecule has 4 nitrogen and oxygen atoms in total. The van der Waals surface area contributed by atoms with Gasteiger partial charge < -0.3 is 5.32 Å². The van der Waals surface area contributed by atoms with E-state index in [-0.39, 0.29) is 17.9 Å². The molecule has 2 aliphatic rings. The predicted octanol–water partition coefficient (Wildman–Crippen LogP) is 1.79. The molecular weight excluding hydrogens is 260 g/mol. The quantitative estimate of drug-likeness (QED) is 0.782. The van der Waals surface area contributed by atoms with Crippen molar-refractivity contribution in [1.82, 2.24) is 10.2 Å². The summed E-state index contributed by atoms with van der Waals surface area (Å²) in [5.74, 6) is -0.0281. The maximum Gasteiger partial charge on any atom is 0.246 e. The van der Waals surface area contributed by atoms with Gasteiger partial charge in [-0.2, -0.15) is 11.8 Å². The molecule has 3 unspecified atom stereocenters. The second kappa shape index (κ2) is 6.75. The lowest BCUT2D eigenvalue weighted by molar-refractivity contribution is -0.138. The fourth-order valence-electron chi connectivity index (χ4n) is 3.07. The largest absolute Gasteiger partial charge is 0.303 e. The summed E-state index contributed by atoms with van der Waals surface area (Å²) in [6.45, 7) is 2.56. The number of likely N-dealkylation sites (tertiary alicyclic amines) is 1. The van der Waals surface area contributed by atoms with Crippen LogP contribution in [0.15, 0.2) is 0 Å². The lowest BCUT2D eigenvalue weighted by Crippen LogP contribution is -2.46. The Hall–Kier alpha value is -0.550. The van der Waals surface area contributed by atoms with Gasteiger partial charge >= 0.3 is 0 Å². The molecule has 1 saturated heterocycles. The van der Waals surface area contributed by atoms with Crippen molar-refractivity contribution in [1.29, 1.82) is 0 Å². The highest BCUT2D eigenvalue weighted by atomic mass is 32.2. The summed E-state index contributed by atoms with van der Waals surface area (Å²) in [5, 5.41) is 4.12. The molecule has 0 aromatic rings. The Balaban J connectivity index is 1.89. The molecule has 0 spiro atoms. The van der Waals surface area contributed by atoms with Gasteiger partial charge in [-0.15, -0.1) is 0 Å². The molecule has 1 saturated carbocycles. The number of hydrogen-bond acceptors (Lipinski definition) is 4. The van der Waals surface area contributed by atoms with Crippen molar-refractivity contribution in [2.45, 2.75) is 62.8 Å². The molecule has 1 N–H and O–H groups in total. The highest BCUT2D eigenvalue weighted by Crippen LogP contribution is 2.28. The summed E-state index contributed by atoms with van der Waals surface area (Å²) >= 11 is 1.92. The summed E-state index contributed by atoms with van der Waals surface area (Å²) in [7, 11) is 0. The van der Waals surface area contributed by atoms with Crippen molar-refractivity contribution < 1.29 is 9.59 Å². The van der Waals surface area contributed by atoms with Crippen molar-refractivity contribution in [2.24, 2.45) is 0 Å². The van der Waals surface area contributed by atoms with Crippen molar-refractivity contribution in [3.05, 3.63) is 0 Å². The van der Waals surface area contributed by atoms with Crippen LogP contribution in [0, 0.1) is 0 Å². The van der Waals surface area contributed by atoms with Crippen molar-refractivity contribution in [2.75, 3.05) is 12.8 Å². The average molecular weight is 284 g/mol. The third kappa shape index (κ3) is 3.51. The van der Waals surface area contributed by atoms with Crippen LogP contribution >= 0.6 is 11.8 Å². The number of nitrogens with one attached hydrogen (secondary N) is 1. The van der Waals surface area contributed by atoms with Gasteiger partial charge in [0, 0.05) is 17.8 Å². The summed E-state index contributed by atoms with van der Waals surface area (Å²) in [6.07, 6.45) is 8.08. The van der Waals surface area contributed by atoms with E-state index in [4.69, 9.17) is 0 Å². The molecule has 5 heteroatoms. The van der Waals surface area contributed by atoms with Crippen molar-refractivity contribution in [3.63, 3.8) is 0 Å². The smallest absolute Gasteiger partial charge is 0.246 e. The molecule has 1 aliphatic carbocycles. The molecule has 108 valence electrons. The SMILES string of the molecule is CCCN1C(=O)CC(NC2CCCC(SC)C2)C1=O. The molecule has 0 radical (unpaired) electrons. The normalized spacial score (nSPS) is 32.1. The van der Waals surface area contributed by atoms with Gasteiger partial charge in [-0.05, 0) is 31.9 Å². The zero-order chi connectivity index (χ0) is 13.8. The summed E-state index contributed by atoms with van der Waals surface area (Å²) in [6, 6.07) is 0.124. The Morgan fingerprint density at radius 1 is 1.37 bits per heavy atom. The van der Waals surface area contributed by atoms with E-state index in [9.17, 15) is 9.59 Å². The molecule has 2 fully saturated rings. The van der Waals surface area contributed by atoms with Crippen LogP contribution in [0.4, 0.5) is 0 Å². The standard InChI is InChI=1S/C14H24N2O2S/c1-3-7-16-13(17)9-12(14(16)18)15-10-5-4-6-11(8-10)19-2/h10-12,15H,3-9H2,1-2H3. The van der Waals surface area contributed by atoms with Crippen molar-refractivity contribution >= 4 is 23.6 Å². The van der Waals surface area contributed by atoms with Crippen LogP contribution in [-0.2, 0) is 9.59 Å². The highest BCUT2D eigenvalue weighted by molar-refractivity contribution is 7.99. The van der Waals surface area contributed by atoms with Crippen LogP contribution in [0.2, 0.25) is 0 Å². The van der Waals surface area contributed by atoms with Gasteiger partial charge in [-0.25, -0.2) is 0 Å². The summed E-state index contributed by atoms with van der Waals surface area (Å²) in [4.78, 5) is 25.4. The Kier molecular flexibility index (Phi) is 5.28. The van der Waals surface area contributed by atoms with Gasteiger partial charge in [0.15, 0.2) is 0 Å². The highest BCUT2D eigenvalue weighted by Gasteiger charge is 2.39. The Morgan fingerprint density at radius 2 is 2.16 bits per heavy atom. The molecule has 0 bridgehead atoms. The second-order valence-electron chi connectivity index (χ2n) is 5.53. The number of nitrogens with zero attached hydrogens (tertiary/aromatic N) is 1. The molecule has 2 amide bonds. The minimum absolute atomic E-state index is 0.0124.